The zero-order valence-corrected chi connectivity index (χ0v) is 11.9. The maximum absolute atomic E-state index is 5.75. The Morgan fingerprint density at radius 2 is 2.21 bits per heavy atom. The van der Waals surface area contributed by atoms with Crippen molar-refractivity contribution in [3.8, 4) is 0 Å². The Bertz CT molecular complexity index is 417. The summed E-state index contributed by atoms with van der Waals surface area (Å²) in [7, 11) is 1.97. The Morgan fingerprint density at radius 1 is 1.47 bits per heavy atom. The van der Waals surface area contributed by atoms with E-state index in [9.17, 15) is 0 Å². The largest absolute Gasteiger partial charge is 0.375 e. The van der Waals surface area contributed by atoms with E-state index >= 15 is 0 Å². The van der Waals surface area contributed by atoms with Crippen LogP contribution in [0.2, 0.25) is 0 Å². The molecular weight excluding hydrogens is 242 g/mol. The standard InChI is InChI=1S/C13H23N5O/c1-9(2)7-19-8-10-4-12(17-13(14)16-10)18-5-11(6-18)15-3/h4,9,11,15H,5-8H2,1-3H3,(H2,14,16,17). The van der Waals surface area contributed by atoms with Gasteiger partial charge in [-0.25, -0.2) is 4.98 Å². The maximum atomic E-state index is 5.75. The molecule has 6 heteroatoms. The molecular formula is C13H23N5O. The van der Waals surface area contributed by atoms with Gasteiger partial charge >= 0.3 is 0 Å². The van der Waals surface area contributed by atoms with E-state index in [1.54, 1.807) is 0 Å². The van der Waals surface area contributed by atoms with Crippen molar-refractivity contribution in [2.24, 2.45) is 5.92 Å². The summed E-state index contributed by atoms with van der Waals surface area (Å²) in [4.78, 5) is 10.7. The summed E-state index contributed by atoms with van der Waals surface area (Å²) in [5.41, 5.74) is 6.60. The molecule has 0 atom stereocenters. The Hall–Kier alpha value is -1.40. The van der Waals surface area contributed by atoms with Gasteiger partial charge < -0.3 is 20.7 Å². The summed E-state index contributed by atoms with van der Waals surface area (Å²) in [6.45, 7) is 7.37. The van der Waals surface area contributed by atoms with Gasteiger partial charge in [0, 0.05) is 31.8 Å². The fraction of sp³-hybridized carbons (Fsp3) is 0.692. The summed E-state index contributed by atoms with van der Waals surface area (Å²) in [5.74, 6) is 1.72. The average Bonchev–Trinajstić information content (AvgIpc) is 2.26. The minimum absolute atomic E-state index is 0.313. The number of nitrogens with zero attached hydrogens (tertiary/aromatic N) is 3. The maximum Gasteiger partial charge on any atom is 0.222 e. The third-order valence-corrected chi connectivity index (χ3v) is 3.10. The Balaban J connectivity index is 1.95. The van der Waals surface area contributed by atoms with Crippen molar-refractivity contribution in [1.82, 2.24) is 15.3 Å². The van der Waals surface area contributed by atoms with Gasteiger partial charge in [-0.15, -0.1) is 0 Å². The molecule has 0 aliphatic carbocycles. The summed E-state index contributed by atoms with van der Waals surface area (Å²) in [5, 5.41) is 3.24. The van der Waals surface area contributed by atoms with E-state index in [1.807, 2.05) is 13.1 Å². The number of hydrogen-bond donors (Lipinski definition) is 2. The highest BCUT2D eigenvalue weighted by Crippen LogP contribution is 2.20. The van der Waals surface area contributed by atoms with Crippen molar-refractivity contribution in [3.05, 3.63) is 11.8 Å². The van der Waals surface area contributed by atoms with E-state index in [2.05, 4.69) is 34.0 Å². The first-order valence-corrected chi connectivity index (χ1v) is 6.72. The first kappa shape index (κ1) is 14.0. The number of rotatable bonds is 6. The lowest BCUT2D eigenvalue weighted by molar-refractivity contribution is 0.0948. The van der Waals surface area contributed by atoms with Crippen molar-refractivity contribution >= 4 is 11.8 Å². The molecule has 0 unspecified atom stereocenters. The SMILES string of the molecule is CNC1CN(c2cc(COCC(C)C)nc(N)n2)C1. The van der Waals surface area contributed by atoms with E-state index in [0.717, 1.165) is 31.2 Å². The predicted molar refractivity (Wildman–Crippen MR) is 76.0 cm³/mol. The van der Waals surface area contributed by atoms with E-state index in [-0.39, 0.29) is 0 Å². The molecule has 1 fully saturated rings. The molecule has 1 aromatic heterocycles. The predicted octanol–water partition coefficient (Wildman–Crippen LogP) is 0.639. The van der Waals surface area contributed by atoms with Crippen molar-refractivity contribution in [1.29, 1.82) is 0 Å². The second-order valence-electron chi connectivity index (χ2n) is 5.38. The van der Waals surface area contributed by atoms with Gasteiger partial charge in [0.1, 0.15) is 5.82 Å². The van der Waals surface area contributed by atoms with Crippen LogP contribution in [0.15, 0.2) is 6.07 Å². The first-order valence-electron chi connectivity index (χ1n) is 6.72. The second-order valence-corrected chi connectivity index (χ2v) is 5.38. The van der Waals surface area contributed by atoms with Crippen molar-refractivity contribution < 1.29 is 4.74 Å². The summed E-state index contributed by atoms with van der Waals surface area (Å²) in [6.07, 6.45) is 0. The molecule has 1 aromatic rings. The fourth-order valence-corrected chi connectivity index (χ4v) is 1.99. The number of ether oxygens (including phenoxy) is 1. The molecule has 0 aromatic carbocycles. The second kappa shape index (κ2) is 6.16. The van der Waals surface area contributed by atoms with Crippen LogP contribution in [0.5, 0.6) is 0 Å². The fourth-order valence-electron chi connectivity index (χ4n) is 1.99. The molecule has 0 radical (unpaired) electrons. The smallest absolute Gasteiger partial charge is 0.222 e. The van der Waals surface area contributed by atoms with Gasteiger partial charge in [0.25, 0.3) is 0 Å². The van der Waals surface area contributed by atoms with Crippen LogP contribution in [0.25, 0.3) is 0 Å². The molecule has 0 amide bonds. The molecule has 2 heterocycles. The Morgan fingerprint density at radius 3 is 2.84 bits per heavy atom. The lowest BCUT2D eigenvalue weighted by atomic mass is 10.1. The highest BCUT2D eigenvalue weighted by molar-refractivity contribution is 5.46. The first-order chi connectivity index (χ1) is 9.08. The van der Waals surface area contributed by atoms with Crippen molar-refractivity contribution in [3.63, 3.8) is 0 Å². The number of aromatic nitrogens is 2. The minimum Gasteiger partial charge on any atom is -0.375 e. The van der Waals surface area contributed by atoms with Gasteiger partial charge in [0.05, 0.1) is 12.3 Å². The van der Waals surface area contributed by atoms with Crippen LogP contribution in [0.3, 0.4) is 0 Å². The zero-order chi connectivity index (χ0) is 13.8. The van der Waals surface area contributed by atoms with E-state index in [1.165, 1.54) is 0 Å². The molecule has 0 spiro atoms. The van der Waals surface area contributed by atoms with Crippen molar-refractivity contribution in [2.45, 2.75) is 26.5 Å². The van der Waals surface area contributed by atoms with Crippen molar-refractivity contribution in [2.75, 3.05) is 37.4 Å². The molecule has 0 saturated carbocycles. The molecule has 106 valence electrons. The summed E-state index contributed by atoms with van der Waals surface area (Å²) in [6, 6.07) is 2.50. The lowest BCUT2D eigenvalue weighted by Gasteiger charge is -2.40. The third kappa shape index (κ3) is 3.78. The number of nitrogens with one attached hydrogen (secondary N) is 1. The quantitative estimate of drug-likeness (QED) is 0.786. The Kier molecular flexibility index (Phi) is 4.55. The van der Waals surface area contributed by atoms with Crippen LogP contribution in [0, 0.1) is 5.92 Å². The van der Waals surface area contributed by atoms with Gasteiger partial charge in [-0.2, -0.15) is 4.98 Å². The summed E-state index contributed by atoms with van der Waals surface area (Å²) >= 11 is 0. The molecule has 1 saturated heterocycles. The zero-order valence-electron chi connectivity index (χ0n) is 11.9. The molecule has 2 rings (SSSR count). The number of nitrogen functional groups attached to an aromatic ring is 1. The number of anilines is 2. The van der Waals surface area contributed by atoms with Gasteiger partial charge in [-0.1, -0.05) is 13.8 Å². The van der Waals surface area contributed by atoms with Crippen LogP contribution in [0.1, 0.15) is 19.5 Å². The van der Waals surface area contributed by atoms with Crippen LogP contribution in [-0.4, -0.2) is 42.8 Å². The van der Waals surface area contributed by atoms with Crippen LogP contribution < -0.4 is 16.0 Å². The van der Waals surface area contributed by atoms with Crippen LogP contribution >= 0.6 is 0 Å². The van der Waals surface area contributed by atoms with E-state index < -0.39 is 0 Å². The van der Waals surface area contributed by atoms with Gasteiger partial charge in [-0.05, 0) is 13.0 Å². The highest BCUT2D eigenvalue weighted by Gasteiger charge is 2.26. The monoisotopic (exact) mass is 265 g/mol. The van der Waals surface area contributed by atoms with Gasteiger partial charge in [0.2, 0.25) is 5.95 Å². The summed E-state index contributed by atoms with van der Waals surface area (Å²) < 4.78 is 5.59. The third-order valence-electron chi connectivity index (χ3n) is 3.10. The molecule has 6 nitrogen and oxygen atoms in total. The van der Waals surface area contributed by atoms with Crippen LogP contribution in [0.4, 0.5) is 11.8 Å². The van der Waals surface area contributed by atoms with Crippen LogP contribution in [-0.2, 0) is 11.3 Å². The van der Waals surface area contributed by atoms with Gasteiger partial charge in [-0.3, -0.25) is 0 Å². The molecule has 1 aliphatic heterocycles. The Labute approximate surface area is 114 Å². The van der Waals surface area contributed by atoms with E-state index in [4.69, 9.17) is 10.5 Å². The highest BCUT2D eigenvalue weighted by atomic mass is 16.5. The lowest BCUT2D eigenvalue weighted by Crippen LogP contribution is -2.57. The normalized spacial score (nSPS) is 15.9. The topological polar surface area (TPSA) is 76.3 Å². The number of likely N-dealkylation sites (N-methyl/N-ethyl adjacent to an activating group) is 1. The number of nitrogens with two attached hydrogens (primary N) is 1. The molecule has 3 N–H and O–H groups in total. The molecule has 19 heavy (non-hydrogen) atoms. The van der Waals surface area contributed by atoms with E-state index in [0.29, 0.717) is 24.5 Å². The molecule has 0 bridgehead atoms. The minimum atomic E-state index is 0.313. The molecule has 1 aliphatic rings. The van der Waals surface area contributed by atoms with Gasteiger partial charge in [0.15, 0.2) is 0 Å². The number of hydrogen-bond acceptors (Lipinski definition) is 6. The average molecular weight is 265 g/mol.